The van der Waals surface area contributed by atoms with E-state index in [4.69, 9.17) is 0 Å². The van der Waals surface area contributed by atoms with Crippen molar-refractivity contribution in [2.24, 2.45) is 0 Å². The van der Waals surface area contributed by atoms with E-state index in [1.54, 1.807) is 0 Å². The Morgan fingerprint density at radius 3 is 2.15 bits per heavy atom. The van der Waals surface area contributed by atoms with Gasteiger partial charge in [-0.1, -0.05) is 54.6 Å². The van der Waals surface area contributed by atoms with Crippen molar-refractivity contribution in [2.45, 2.75) is 44.2 Å². The van der Waals surface area contributed by atoms with Gasteiger partial charge in [0, 0.05) is 26.1 Å². The number of carbonyl (C=O) groups excluding carboxylic acids is 2. The molecule has 1 fully saturated rings. The van der Waals surface area contributed by atoms with Gasteiger partial charge in [-0.2, -0.15) is 0 Å². The minimum Gasteiger partial charge on any atom is -0.355 e. The van der Waals surface area contributed by atoms with Gasteiger partial charge in [0.1, 0.15) is 0 Å². The Labute approximate surface area is 154 Å². The molecule has 0 unspecified atom stereocenters. The van der Waals surface area contributed by atoms with Crippen LogP contribution in [0.4, 0.5) is 0 Å². The maximum Gasteiger partial charge on any atom is 0.230 e. The molecule has 0 bridgehead atoms. The normalized spacial score (nSPS) is 16.8. The number of nitrogens with zero attached hydrogens (tertiary/aromatic N) is 1. The van der Waals surface area contributed by atoms with Crippen molar-refractivity contribution >= 4 is 11.8 Å². The van der Waals surface area contributed by atoms with E-state index < -0.39 is 0 Å². The summed E-state index contributed by atoms with van der Waals surface area (Å²) in [6, 6.07) is 18.2. The van der Waals surface area contributed by atoms with Crippen LogP contribution in [-0.4, -0.2) is 23.3 Å². The minimum atomic E-state index is -0.331. The van der Waals surface area contributed by atoms with Crippen molar-refractivity contribution in [1.82, 2.24) is 10.2 Å². The van der Waals surface area contributed by atoms with E-state index in [9.17, 15) is 9.59 Å². The number of amides is 2. The SMILES string of the molecule is O=C(CCCNC(=O)C1(c2ccccc2)CC1)N1Cc2ccccc2C1. The summed E-state index contributed by atoms with van der Waals surface area (Å²) in [5.41, 5.74) is 3.26. The van der Waals surface area contributed by atoms with Gasteiger partial charge in [-0.25, -0.2) is 0 Å². The van der Waals surface area contributed by atoms with Gasteiger partial charge in [0.25, 0.3) is 0 Å². The Morgan fingerprint density at radius 2 is 1.54 bits per heavy atom. The third-order valence-electron chi connectivity index (χ3n) is 5.56. The molecule has 0 spiro atoms. The maximum atomic E-state index is 12.6. The molecule has 2 aliphatic rings. The van der Waals surface area contributed by atoms with Crippen molar-refractivity contribution in [3.8, 4) is 0 Å². The van der Waals surface area contributed by atoms with Crippen molar-refractivity contribution in [3.05, 3.63) is 71.3 Å². The van der Waals surface area contributed by atoms with Gasteiger partial charge in [-0.3, -0.25) is 9.59 Å². The van der Waals surface area contributed by atoms with Gasteiger partial charge < -0.3 is 10.2 Å². The fraction of sp³-hybridized carbons (Fsp3) is 0.364. The molecule has 26 heavy (non-hydrogen) atoms. The molecule has 1 aliphatic heterocycles. The molecule has 4 heteroatoms. The van der Waals surface area contributed by atoms with Gasteiger partial charge in [0.15, 0.2) is 0 Å². The van der Waals surface area contributed by atoms with Gasteiger partial charge >= 0.3 is 0 Å². The van der Waals surface area contributed by atoms with Crippen molar-refractivity contribution in [2.75, 3.05) is 6.54 Å². The van der Waals surface area contributed by atoms with Gasteiger partial charge in [-0.05, 0) is 36.0 Å². The van der Waals surface area contributed by atoms with E-state index in [0.29, 0.717) is 32.5 Å². The van der Waals surface area contributed by atoms with Crippen LogP contribution in [-0.2, 0) is 28.1 Å². The molecule has 0 atom stereocenters. The van der Waals surface area contributed by atoms with Crippen LogP contribution in [0.3, 0.4) is 0 Å². The van der Waals surface area contributed by atoms with Crippen LogP contribution in [0.15, 0.2) is 54.6 Å². The first kappa shape index (κ1) is 16.8. The van der Waals surface area contributed by atoms with Crippen molar-refractivity contribution < 1.29 is 9.59 Å². The van der Waals surface area contributed by atoms with Gasteiger partial charge in [0.2, 0.25) is 11.8 Å². The lowest BCUT2D eigenvalue weighted by atomic mass is 9.95. The topological polar surface area (TPSA) is 49.4 Å². The van der Waals surface area contributed by atoms with E-state index in [-0.39, 0.29) is 17.2 Å². The molecule has 134 valence electrons. The number of carbonyl (C=O) groups is 2. The first-order valence-electron chi connectivity index (χ1n) is 9.37. The van der Waals surface area contributed by atoms with Crippen molar-refractivity contribution in [1.29, 1.82) is 0 Å². The molecule has 4 rings (SSSR count). The highest BCUT2D eigenvalue weighted by atomic mass is 16.2. The average Bonchev–Trinajstić information content (AvgIpc) is 3.38. The Kier molecular flexibility index (Phi) is 4.49. The van der Waals surface area contributed by atoms with Crippen LogP contribution < -0.4 is 5.32 Å². The van der Waals surface area contributed by atoms with E-state index in [2.05, 4.69) is 17.4 Å². The summed E-state index contributed by atoms with van der Waals surface area (Å²) in [7, 11) is 0. The monoisotopic (exact) mass is 348 g/mol. The summed E-state index contributed by atoms with van der Waals surface area (Å²) in [5, 5.41) is 3.04. The van der Waals surface area contributed by atoms with Gasteiger partial charge in [0.05, 0.1) is 5.41 Å². The number of rotatable bonds is 6. The van der Waals surface area contributed by atoms with Crippen LogP contribution >= 0.6 is 0 Å². The molecule has 4 nitrogen and oxygen atoms in total. The third-order valence-corrected chi connectivity index (χ3v) is 5.56. The number of benzene rings is 2. The second-order valence-electron chi connectivity index (χ2n) is 7.33. The zero-order valence-electron chi connectivity index (χ0n) is 14.9. The first-order valence-corrected chi connectivity index (χ1v) is 9.37. The average molecular weight is 348 g/mol. The lowest BCUT2D eigenvalue weighted by Gasteiger charge is -2.17. The van der Waals surface area contributed by atoms with Crippen molar-refractivity contribution in [3.63, 3.8) is 0 Å². The van der Waals surface area contributed by atoms with E-state index in [1.807, 2.05) is 47.4 Å². The van der Waals surface area contributed by atoms with Crippen LogP contribution in [0.25, 0.3) is 0 Å². The lowest BCUT2D eigenvalue weighted by Crippen LogP contribution is -2.35. The second-order valence-corrected chi connectivity index (χ2v) is 7.33. The summed E-state index contributed by atoms with van der Waals surface area (Å²) in [6.07, 6.45) is 2.98. The Hall–Kier alpha value is -2.62. The molecule has 1 saturated carbocycles. The molecule has 1 heterocycles. The molecule has 0 saturated heterocycles. The summed E-state index contributed by atoms with van der Waals surface area (Å²) in [6.45, 7) is 1.97. The predicted molar refractivity (Wildman–Crippen MR) is 100 cm³/mol. The van der Waals surface area contributed by atoms with E-state index in [1.165, 1.54) is 11.1 Å². The lowest BCUT2D eigenvalue weighted by molar-refractivity contribution is -0.132. The van der Waals surface area contributed by atoms with Crippen LogP contribution in [0, 0.1) is 0 Å². The summed E-state index contributed by atoms with van der Waals surface area (Å²) in [5.74, 6) is 0.268. The van der Waals surface area contributed by atoms with Crippen LogP contribution in [0.5, 0.6) is 0 Å². The predicted octanol–water partition coefficient (Wildman–Crippen LogP) is 3.16. The quantitative estimate of drug-likeness (QED) is 0.815. The highest BCUT2D eigenvalue weighted by molar-refractivity contribution is 5.91. The Morgan fingerprint density at radius 1 is 0.923 bits per heavy atom. The molecule has 0 radical (unpaired) electrons. The second kappa shape index (κ2) is 6.94. The summed E-state index contributed by atoms with van der Waals surface area (Å²) < 4.78 is 0. The molecule has 0 aromatic heterocycles. The van der Waals surface area contributed by atoms with E-state index in [0.717, 1.165) is 18.4 Å². The van der Waals surface area contributed by atoms with E-state index >= 15 is 0 Å². The first-order chi connectivity index (χ1) is 12.7. The fourth-order valence-corrected chi connectivity index (χ4v) is 3.81. The summed E-state index contributed by atoms with van der Waals surface area (Å²) in [4.78, 5) is 26.9. The fourth-order valence-electron chi connectivity index (χ4n) is 3.81. The molecule has 1 aliphatic carbocycles. The molecule has 2 aromatic rings. The number of hydrogen-bond acceptors (Lipinski definition) is 2. The third kappa shape index (κ3) is 3.24. The number of hydrogen-bond donors (Lipinski definition) is 1. The Balaban J connectivity index is 1.22. The molecule has 2 amide bonds. The smallest absolute Gasteiger partial charge is 0.230 e. The van der Waals surface area contributed by atoms with Gasteiger partial charge in [-0.15, -0.1) is 0 Å². The zero-order chi connectivity index (χ0) is 18.0. The standard InChI is InChI=1S/C22H24N2O2/c25-20(24-15-17-7-4-5-8-18(17)16-24)11-6-14-23-21(26)22(12-13-22)19-9-2-1-3-10-19/h1-5,7-10H,6,11-16H2,(H,23,26). The van der Waals surface area contributed by atoms with Crippen LogP contribution in [0.1, 0.15) is 42.4 Å². The Bertz CT molecular complexity index is 787. The highest BCUT2D eigenvalue weighted by Crippen LogP contribution is 2.48. The highest BCUT2D eigenvalue weighted by Gasteiger charge is 2.50. The molecular formula is C22H24N2O2. The molecular weight excluding hydrogens is 324 g/mol. The molecule has 2 aromatic carbocycles. The maximum absolute atomic E-state index is 12.6. The summed E-state index contributed by atoms with van der Waals surface area (Å²) >= 11 is 0. The number of nitrogens with one attached hydrogen (secondary N) is 1. The largest absolute Gasteiger partial charge is 0.355 e. The molecule has 1 N–H and O–H groups in total. The zero-order valence-corrected chi connectivity index (χ0v) is 14.9. The van der Waals surface area contributed by atoms with Crippen LogP contribution in [0.2, 0.25) is 0 Å². The number of fused-ring (bicyclic) bond motifs is 1. The minimum absolute atomic E-state index is 0.102.